The summed E-state index contributed by atoms with van der Waals surface area (Å²) in [7, 11) is 0. The van der Waals surface area contributed by atoms with Gasteiger partial charge in [0.2, 0.25) is 11.8 Å². The number of halogens is 5. The molecule has 0 unspecified atom stereocenters. The van der Waals surface area contributed by atoms with Crippen LogP contribution in [0.15, 0.2) is 42.5 Å². The average Bonchev–Trinajstić information content (AvgIpc) is 2.54. The standard InChI is InChI=1S/C17H13F5N2O2/c1-10(25)24(13-5-2-11(3-6-13)17(20,21)22)9-16(26)23-15-7-4-12(18)8-14(15)19/h2-8H,9H2,1H3,(H,23,26). The van der Waals surface area contributed by atoms with Crippen molar-refractivity contribution in [1.29, 1.82) is 0 Å². The second kappa shape index (κ2) is 7.51. The van der Waals surface area contributed by atoms with E-state index >= 15 is 0 Å². The fourth-order valence-electron chi connectivity index (χ4n) is 2.14. The van der Waals surface area contributed by atoms with E-state index in [1.165, 1.54) is 0 Å². The second-order valence-electron chi connectivity index (χ2n) is 5.32. The van der Waals surface area contributed by atoms with Crippen LogP contribution in [-0.2, 0) is 15.8 Å². The summed E-state index contributed by atoms with van der Waals surface area (Å²) in [5.41, 5.74) is -1.12. The van der Waals surface area contributed by atoms with E-state index in [1.807, 2.05) is 0 Å². The molecule has 0 fully saturated rings. The lowest BCUT2D eigenvalue weighted by molar-refractivity contribution is -0.137. The molecule has 2 rings (SSSR count). The number of anilines is 2. The summed E-state index contributed by atoms with van der Waals surface area (Å²) >= 11 is 0. The van der Waals surface area contributed by atoms with Gasteiger partial charge in [-0.2, -0.15) is 13.2 Å². The third kappa shape index (κ3) is 4.78. The maximum Gasteiger partial charge on any atom is 0.416 e. The number of nitrogens with zero attached hydrogens (tertiary/aromatic N) is 1. The van der Waals surface area contributed by atoms with E-state index in [1.54, 1.807) is 0 Å². The molecule has 0 aromatic heterocycles. The lowest BCUT2D eigenvalue weighted by atomic mass is 10.2. The van der Waals surface area contributed by atoms with Crippen molar-refractivity contribution in [2.75, 3.05) is 16.8 Å². The molecule has 26 heavy (non-hydrogen) atoms. The average molecular weight is 372 g/mol. The molecule has 0 aliphatic carbocycles. The first-order valence-corrected chi connectivity index (χ1v) is 7.28. The van der Waals surface area contributed by atoms with Crippen LogP contribution in [0.3, 0.4) is 0 Å². The van der Waals surface area contributed by atoms with E-state index in [-0.39, 0.29) is 11.4 Å². The van der Waals surface area contributed by atoms with Gasteiger partial charge >= 0.3 is 6.18 Å². The number of nitrogens with one attached hydrogen (secondary N) is 1. The fourth-order valence-corrected chi connectivity index (χ4v) is 2.14. The van der Waals surface area contributed by atoms with Crippen LogP contribution in [0, 0.1) is 11.6 Å². The number of hydrogen-bond donors (Lipinski definition) is 1. The number of carbonyl (C=O) groups excluding carboxylic acids is 2. The van der Waals surface area contributed by atoms with Crippen molar-refractivity contribution in [1.82, 2.24) is 0 Å². The number of carbonyl (C=O) groups is 2. The highest BCUT2D eigenvalue weighted by Crippen LogP contribution is 2.30. The highest BCUT2D eigenvalue weighted by molar-refractivity contribution is 6.01. The van der Waals surface area contributed by atoms with Crippen LogP contribution in [0.2, 0.25) is 0 Å². The Morgan fingerprint density at radius 3 is 2.15 bits per heavy atom. The third-order valence-corrected chi connectivity index (χ3v) is 3.39. The molecule has 0 heterocycles. The molecule has 0 spiro atoms. The van der Waals surface area contributed by atoms with Gasteiger partial charge in [-0.15, -0.1) is 0 Å². The lowest BCUT2D eigenvalue weighted by Gasteiger charge is -2.21. The van der Waals surface area contributed by atoms with Crippen LogP contribution in [0.25, 0.3) is 0 Å². The monoisotopic (exact) mass is 372 g/mol. The summed E-state index contributed by atoms with van der Waals surface area (Å²) in [5.74, 6) is -3.22. The number of amides is 2. The highest BCUT2D eigenvalue weighted by Gasteiger charge is 2.30. The molecule has 0 saturated heterocycles. The first kappa shape index (κ1) is 19.4. The van der Waals surface area contributed by atoms with E-state index in [0.717, 1.165) is 48.2 Å². The van der Waals surface area contributed by atoms with Gasteiger partial charge in [0.1, 0.15) is 18.2 Å². The Bertz CT molecular complexity index is 819. The fraction of sp³-hybridized carbons (Fsp3) is 0.176. The van der Waals surface area contributed by atoms with E-state index < -0.39 is 41.7 Å². The molecule has 0 bridgehead atoms. The molecule has 0 aliphatic rings. The van der Waals surface area contributed by atoms with Crippen LogP contribution in [0.1, 0.15) is 12.5 Å². The Morgan fingerprint density at radius 1 is 1.04 bits per heavy atom. The van der Waals surface area contributed by atoms with Crippen LogP contribution >= 0.6 is 0 Å². The summed E-state index contributed by atoms with van der Waals surface area (Å²) in [5, 5.41) is 2.17. The minimum atomic E-state index is -4.53. The molecule has 0 atom stereocenters. The number of alkyl halides is 3. The normalized spacial score (nSPS) is 11.2. The summed E-state index contributed by atoms with van der Waals surface area (Å²) in [6.45, 7) is 0.570. The van der Waals surface area contributed by atoms with Crippen molar-refractivity contribution >= 4 is 23.2 Å². The van der Waals surface area contributed by atoms with E-state index in [9.17, 15) is 31.5 Å². The Hall–Kier alpha value is -2.97. The van der Waals surface area contributed by atoms with E-state index in [2.05, 4.69) is 5.32 Å². The summed E-state index contributed by atoms with van der Waals surface area (Å²) in [4.78, 5) is 24.7. The molecule has 9 heteroatoms. The van der Waals surface area contributed by atoms with Crippen LogP contribution in [0.4, 0.5) is 33.3 Å². The Labute approximate surface area is 145 Å². The minimum Gasteiger partial charge on any atom is -0.322 e. The zero-order chi connectivity index (χ0) is 19.5. The molecular formula is C17H13F5N2O2. The molecule has 138 valence electrons. The summed E-state index contributed by atoms with van der Waals surface area (Å²) in [6, 6.07) is 6.20. The molecular weight excluding hydrogens is 359 g/mol. The lowest BCUT2D eigenvalue weighted by Crippen LogP contribution is -2.36. The molecule has 2 aromatic carbocycles. The molecule has 2 aromatic rings. The van der Waals surface area contributed by atoms with Gasteiger partial charge in [0.25, 0.3) is 0 Å². The van der Waals surface area contributed by atoms with Crippen molar-refractivity contribution < 1.29 is 31.5 Å². The molecule has 0 saturated carbocycles. The Kier molecular flexibility index (Phi) is 5.59. The first-order chi connectivity index (χ1) is 12.1. The van der Waals surface area contributed by atoms with Crippen molar-refractivity contribution in [2.45, 2.75) is 13.1 Å². The van der Waals surface area contributed by atoms with Crippen LogP contribution < -0.4 is 10.2 Å². The molecule has 2 amide bonds. The molecule has 4 nitrogen and oxygen atoms in total. The number of benzene rings is 2. The summed E-state index contributed by atoms with van der Waals surface area (Å²) < 4.78 is 64.2. The smallest absolute Gasteiger partial charge is 0.322 e. The van der Waals surface area contributed by atoms with Gasteiger partial charge < -0.3 is 10.2 Å². The van der Waals surface area contributed by atoms with Crippen molar-refractivity contribution in [3.63, 3.8) is 0 Å². The second-order valence-corrected chi connectivity index (χ2v) is 5.32. The third-order valence-electron chi connectivity index (χ3n) is 3.39. The number of rotatable bonds is 4. The predicted octanol–water partition coefficient (Wildman–Crippen LogP) is 3.98. The van der Waals surface area contributed by atoms with Gasteiger partial charge in [0, 0.05) is 18.7 Å². The predicted molar refractivity (Wildman–Crippen MR) is 84.5 cm³/mol. The quantitative estimate of drug-likeness (QED) is 0.826. The number of hydrogen-bond acceptors (Lipinski definition) is 2. The van der Waals surface area contributed by atoms with Crippen LogP contribution in [0.5, 0.6) is 0 Å². The van der Waals surface area contributed by atoms with Gasteiger partial charge in [0.15, 0.2) is 0 Å². The van der Waals surface area contributed by atoms with E-state index in [4.69, 9.17) is 0 Å². The van der Waals surface area contributed by atoms with Crippen molar-refractivity contribution in [3.05, 3.63) is 59.7 Å². The maximum atomic E-state index is 13.5. The first-order valence-electron chi connectivity index (χ1n) is 7.28. The maximum absolute atomic E-state index is 13.5. The molecule has 0 radical (unpaired) electrons. The zero-order valence-corrected chi connectivity index (χ0v) is 13.4. The van der Waals surface area contributed by atoms with Gasteiger partial charge in [-0.25, -0.2) is 8.78 Å². The van der Waals surface area contributed by atoms with Gasteiger partial charge in [0.05, 0.1) is 11.3 Å². The largest absolute Gasteiger partial charge is 0.416 e. The molecule has 1 N–H and O–H groups in total. The zero-order valence-electron chi connectivity index (χ0n) is 13.4. The minimum absolute atomic E-state index is 0.0697. The van der Waals surface area contributed by atoms with Gasteiger partial charge in [-0.1, -0.05) is 0 Å². The molecule has 0 aliphatic heterocycles. The SMILES string of the molecule is CC(=O)N(CC(=O)Nc1ccc(F)cc1F)c1ccc(C(F)(F)F)cc1. The van der Waals surface area contributed by atoms with Crippen LogP contribution in [-0.4, -0.2) is 18.4 Å². The Morgan fingerprint density at radius 2 is 1.65 bits per heavy atom. The van der Waals surface area contributed by atoms with Crippen molar-refractivity contribution in [3.8, 4) is 0 Å². The van der Waals surface area contributed by atoms with Gasteiger partial charge in [-0.3, -0.25) is 9.59 Å². The van der Waals surface area contributed by atoms with Crippen molar-refractivity contribution in [2.24, 2.45) is 0 Å². The highest BCUT2D eigenvalue weighted by atomic mass is 19.4. The summed E-state index contributed by atoms with van der Waals surface area (Å²) in [6.07, 6.45) is -4.53. The Balaban J connectivity index is 2.15. The van der Waals surface area contributed by atoms with E-state index in [0.29, 0.717) is 6.07 Å². The topological polar surface area (TPSA) is 49.4 Å². The van der Waals surface area contributed by atoms with Gasteiger partial charge in [-0.05, 0) is 36.4 Å².